The summed E-state index contributed by atoms with van der Waals surface area (Å²) in [5, 5.41) is 2.58. The summed E-state index contributed by atoms with van der Waals surface area (Å²) < 4.78 is 10.5. The average Bonchev–Trinajstić information content (AvgIpc) is 3.03. The van der Waals surface area contributed by atoms with E-state index < -0.39 is 0 Å². The highest BCUT2D eigenvalue weighted by Gasteiger charge is 2.35. The van der Waals surface area contributed by atoms with Crippen molar-refractivity contribution in [3.8, 4) is 11.5 Å². The Balaban J connectivity index is 1.83. The maximum atomic E-state index is 12.0. The van der Waals surface area contributed by atoms with Crippen LogP contribution in [0.1, 0.15) is 6.42 Å². The van der Waals surface area contributed by atoms with Crippen LogP contribution >= 0.6 is 0 Å². The highest BCUT2D eigenvalue weighted by Crippen LogP contribution is 2.37. The summed E-state index contributed by atoms with van der Waals surface area (Å²) in [6.45, 7) is 0.603. The Bertz CT molecular complexity index is 543. The molecule has 6 nitrogen and oxygen atoms in total. The second kappa shape index (κ2) is 4.46. The number of nitrogens with one attached hydrogen (secondary N) is 1. The number of hydrogen-bond donors (Lipinski definition) is 1. The molecule has 0 aliphatic carbocycles. The second-order valence-corrected chi connectivity index (χ2v) is 4.56. The summed E-state index contributed by atoms with van der Waals surface area (Å²) in [4.78, 5) is 25.2. The van der Waals surface area contributed by atoms with Crippen molar-refractivity contribution in [2.45, 2.75) is 6.42 Å². The first-order valence-corrected chi connectivity index (χ1v) is 6.10. The Hall–Kier alpha value is -2.24. The number of fused-ring (bicyclic) bond motifs is 1. The van der Waals surface area contributed by atoms with E-state index in [1.54, 1.807) is 30.1 Å². The van der Waals surface area contributed by atoms with E-state index in [0.29, 0.717) is 18.0 Å². The van der Waals surface area contributed by atoms with E-state index in [9.17, 15) is 9.59 Å². The molecule has 2 aliphatic rings. The molecule has 1 aromatic rings. The van der Waals surface area contributed by atoms with Gasteiger partial charge in [0, 0.05) is 31.8 Å². The second-order valence-electron chi connectivity index (χ2n) is 4.56. The Morgan fingerprint density at radius 1 is 1.37 bits per heavy atom. The van der Waals surface area contributed by atoms with Crippen LogP contribution in [-0.4, -0.2) is 32.2 Å². The highest BCUT2D eigenvalue weighted by molar-refractivity contribution is 6.00. The molecule has 0 aromatic heterocycles. The summed E-state index contributed by atoms with van der Waals surface area (Å²) in [5.74, 6) is 0.874. The van der Waals surface area contributed by atoms with E-state index in [1.807, 2.05) is 0 Å². The van der Waals surface area contributed by atoms with Crippen LogP contribution in [0, 0.1) is 5.92 Å². The van der Waals surface area contributed by atoms with Crippen LogP contribution in [0.5, 0.6) is 11.5 Å². The van der Waals surface area contributed by atoms with Gasteiger partial charge in [-0.25, -0.2) is 0 Å². The van der Waals surface area contributed by atoms with E-state index in [4.69, 9.17) is 9.47 Å². The van der Waals surface area contributed by atoms with Crippen LogP contribution in [0.25, 0.3) is 0 Å². The number of carbonyl (C=O) groups excluding carboxylic acids is 2. The van der Waals surface area contributed by atoms with Gasteiger partial charge in [-0.05, 0) is 12.1 Å². The Morgan fingerprint density at radius 3 is 2.95 bits per heavy atom. The maximum absolute atomic E-state index is 12.0. The van der Waals surface area contributed by atoms with Crippen molar-refractivity contribution < 1.29 is 19.1 Å². The molecular formula is C13H14N2O4. The normalized spacial score (nSPS) is 20.8. The van der Waals surface area contributed by atoms with Crippen molar-refractivity contribution in [3.63, 3.8) is 0 Å². The number of benzene rings is 1. The first-order chi connectivity index (χ1) is 9.19. The van der Waals surface area contributed by atoms with Crippen LogP contribution < -0.4 is 19.7 Å². The average molecular weight is 262 g/mol. The maximum Gasteiger partial charge on any atom is 0.231 e. The van der Waals surface area contributed by atoms with E-state index in [0.717, 1.165) is 5.69 Å². The van der Waals surface area contributed by atoms with Gasteiger partial charge in [-0.3, -0.25) is 9.59 Å². The molecule has 0 bridgehead atoms. The van der Waals surface area contributed by atoms with Gasteiger partial charge in [0.2, 0.25) is 18.6 Å². The van der Waals surface area contributed by atoms with Crippen molar-refractivity contribution in [3.05, 3.63) is 18.2 Å². The predicted molar refractivity (Wildman–Crippen MR) is 67.1 cm³/mol. The largest absolute Gasteiger partial charge is 0.454 e. The third-order valence-corrected chi connectivity index (χ3v) is 3.41. The van der Waals surface area contributed by atoms with Gasteiger partial charge < -0.3 is 19.7 Å². The molecule has 0 saturated carbocycles. The number of nitrogens with zero attached hydrogens (tertiary/aromatic N) is 1. The number of carbonyl (C=O) groups is 2. The van der Waals surface area contributed by atoms with Gasteiger partial charge >= 0.3 is 0 Å². The smallest absolute Gasteiger partial charge is 0.231 e. The summed E-state index contributed by atoms with van der Waals surface area (Å²) >= 11 is 0. The quantitative estimate of drug-likeness (QED) is 0.843. The van der Waals surface area contributed by atoms with E-state index >= 15 is 0 Å². The number of hydrogen-bond acceptors (Lipinski definition) is 4. The molecule has 100 valence electrons. The third-order valence-electron chi connectivity index (χ3n) is 3.41. The van der Waals surface area contributed by atoms with Gasteiger partial charge in [-0.15, -0.1) is 0 Å². The molecule has 2 amide bonds. The van der Waals surface area contributed by atoms with Gasteiger partial charge in [-0.1, -0.05) is 0 Å². The van der Waals surface area contributed by atoms with Gasteiger partial charge in [-0.2, -0.15) is 0 Å². The van der Waals surface area contributed by atoms with E-state index in [1.165, 1.54) is 0 Å². The lowest BCUT2D eigenvalue weighted by Crippen LogP contribution is -2.30. The summed E-state index contributed by atoms with van der Waals surface area (Å²) in [7, 11) is 1.58. The van der Waals surface area contributed by atoms with Crippen LogP contribution in [0.3, 0.4) is 0 Å². The van der Waals surface area contributed by atoms with Crippen molar-refractivity contribution in [1.29, 1.82) is 0 Å². The van der Waals surface area contributed by atoms with Crippen LogP contribution in [-0.2, 0) is 9.59 Å². The summed E-state index contributed by atoms with van der Waals surface area (Å²) in [5.41, 5.74) is 0.737. The zero-order valence-electron chi connectivity index (χ0n) is 10.5. The predicted octanol–water partition coefficient (Wildman–Crippen LogP) is 0.514. The summed E-state index contributed by atoms with van der Waals surface area (Å²) in [6.07, 6.45) is 0.244. The van der Waals surface area contributed by atoms with Gasteiger partial charge in [0.25, 0.3) is 0 Å². The minimum Gasteiger partial charge on any atom is -0.454 e. The molecule has 1 atom stereocenters. The lowest BCUT2D eigenvalue weighted by molar-refractivity contribution is -0.125. The fourth-order valence-corrected chi connectivity index (χ4v) is 2.39. The molecule has 2 heterocycles. The zero-order valence-corrected chi connectivity index (χ0v) is 10.5. The van der Waals surface area contributed by atoms with Crippen LogP contribution in [0.4, 0.5) is 5.69 Å². The third kappa shape index (κ3) is 1.99. The molecule has 1 unspecified atom stereocenters. The minimum atomic E-state index is -0.289. The molecule has 1 saturated heterocycles. The molecular weight excluding hydrogens is 248 g/mol. The number of ether oxygens (including phenoxy) is 2. The van der Waals surface area contributed by atoms with Crippen molar-refractivity contribution in [2.75, 3.05) is 25.3 Å². The molecule has 0 radical (unpaired) electrons. The SMILES string of the molecule is CNC(=O)C1CC(=O)N(c2ccc3c(c2)OCO3)C1. The molecule has 1 fully saturated rings. The lowest BCUT2D eigenvalue weighted by atomic mass is 10.1. The van der Waals surface area contributed by atoms with Gasteiger partial charge in [0.1, 0.15) is 0 Å². The molecule has 1 N–H and O–H groups in total. The fourth-order valence-electron chi connectivity index (χ4n) is 2.39. The van der Waals surface area contributed by atoms with Crippen molar-refractivity contribution in [2.24, 2.45) is 5.92 Å². The molecule has 3 rings (SSSR count). The van der Waals surface area contributed by atoms with Crippen molar-refractivity contribution in [1.82, 2.24) is 5.32 Å². The Labute approximate surface area is 110 Å². The highest BCUT2D eigenvalue weighted by atomic mass is 16.7. The van der Waals surface area contributed by atoms with Gasteiger partial charge in [0.15, 0.2) is 11.5 Å². The number of amides is 2. The minimum absolute atomic E-state index is 0.0486. The summed E-state index contributed by atoms with van der Waals surface area (Å²) in [6, 6.07) is 5.35. The topological polar surface area (TPSA) is 67.9 Å². The monoisotopic (exact) mass is 262 g/mol. The molecule has 1 aromatic carbocycles. The standard InChI is InChI=1S/C13H14N2O4/c1-14-13(17)8-4-12(16)15(6-8)9-2-3-10-11(5-9)19-7-18-10/h2-3,5,8H,4,6-7H2,1H3,(H,14,17). The van der Waals surface area contributed by atoms with Crippen molar-refractivity contribution >= 4 is 17.5 Å². The van der Waals surface area contributed by atoms with Crippen LogP contribution in [0.2, 0.25) is 0 Å². The number of rotatable bonds is 2. The lowest BCUT2D eigenvalue weighted by Gasteiger charge is -2.16. The molecule has 19 heavy (non-hydrogen) atoms. The van der Waals surface area contributed by atoms with E-state index in [2.05, 4.69) is 5.32 Å². The molecule has 2 aliphatic heterocycles. The van der Waals surface area contributed by atoms with E-state index in [-0.39, 0.29) is 30.9 Å². The Morgan fingerprint density at radius 2 is 2.16 bits per heavy atom. The molecule has 6 heteroatoms. The van der Waals surface area contributed by atoms with Gasteiger partial charge in [0.05, 0.1) is 5.92 Å². The van der Waals surface area contributed by atoms with Crippen LogP contribution in [0.15, 0.2) is 18.2 Å². The first kappa shape index (κ1) is 11.8. The zero-order chi connectivity index (χ0) is 13.4. The fraction of sp³-hybridized carbons (Fsp3) is 0.385. The first-order valence-electron chi connectivity index (χ1n) is 6.10. The Kier molecular flexibility index (Phi) is 2.77. The molecule has 0 spiro atoms. The number of anilines is 1.